The maximum atomic E-state index is 5.43. The van der Waals surface area contributed by atoms with E-state index in [0.29, 0.717) is 0 Å². The fourth-order valence-electron chi connectivity index (χ4n) is 4.45. The van der Waals surface area contributed by atoms with Gasteiger partial charge in [0, 0.05) is 0 Å². The van der Waals surface area contributed by atoms with Gasteiger partial charge >= 0.3 is 0 Å². The van der Waals surface area contributed by atoms with E-state index >= 15 is 0 Å². The molecule has 2 heteroatoms. The van der Waals surface area contributed by atoms with Crippen LogP contribution in [-0.2, 0) is 5.41 Å². The number of benzene rings is 3. The first-order valence-corrected chi connectivity index (χ1v) is 9.97. The Balaban J connectivity index is 2.00. The molecule has 0 heterocycles. The van der Waals surface area contributed by atoms with Crippen LogP contribution in [0.1, 0.15) is 23.1 Å². The quantitative estimate of drug-likeness (QED) is 0.475. The second-order valence-corrected chi connectivity index (χ2v) is 7.29. The minimum atomic E-state index is -0.318. The predicted octanol–water partition coefficient (Wildman–Crippen LogP) is 6.17. The molecule has 0 fully saturated rings. The van der Waals surface area contributed by atoms with Crippen LogP contribution in [-0.4, -0.2) is 14.2 Å². The van der Waals surface area contributed by atoms with Crippen LogP contribution in [0.15, 0.2) is 103 Å². The smallest absolute Gasteiger partial charge is 0.118 e. The van der Waals surface area contributed by atoms with Crippen LogP contribution < -0.4 is 9.47 Å². The molecular formula is C27H26O2. The lowest BCUT2D eigenvalue weighted by Crippen LogP contribution is -2.37. The minimum Gasteiger partial charge on any atom is -0.497 e. The fourth-order valence-corrected chi connectivity index (χ4v) is 4.45. The van der Waals surface area contributed by atoms with Crippen molar-refractivity contribution in [3.8, 4) is 11.5 Å². The highest BCUT2D eigenvalue weighted by atomic mass is 16.5. The molecular weight excluding hydrogens is 356 g/mol. The van der Waals surface area contributed by atoms with Crippen molar-refractivity contribution in [3.05, 3.63) is 120 Å². The van der Waals surface area contributed by atoms with E-state index < -0.39 is 0 Å². The van der Waals surface area contributed by atoms with E-state index in [9.17, 15) is 0 Å². The van der Waals surface area contributed by atoms with Gasteiger partial charge in [0.1, 0.15) is 11.5 Å². The lowest BCUT2D eigenvalue weighted by atomic mass is 9.60. The van der Waals surface area contributed by atoms with Crippen LogP contribution in [0.2, 0.25) is 0 Å². The van der Waals surface area contributed by atoms with Crippen molar-refractivity contribution in [2.24, 2.45) is 5.92 Å². The lowest BCUT2D eigenvalue weighted by molar-refractivity contribution is 0.410. The molecule has 1 unspecified atom stereocenters. The zero-order valence-electron chi connectivity index (χ0n) is 16.9. The van der Waals surface area contributed by atoms with Gasteiger partial charge in [-0.2, -0.15) is 0 Å². The second-order valence-electron chi connectivity index (χ2n) is 7.29. The Morgan fingerprint density at radius 1 is 0.655 bits per heavy atom. The van der Waals surface area contributed by atoms with Gasteiger partial charge in [0.05, 0.1) is 19.6 Å². The predicted molar refractivity (Wildman–Crippen MR) is 119 cm³/mol. The van der Waals surface area contributed by atoms with E-state index in [4.69, 9.17) is 9.47 Å². The van der Waals surface area contributed by atoms with Crippen LogP contribution in [0.4, 0.5) is 0 Å². The minimum absolute atomic E-state index is 0.289. The van der Waals surface area contributed by atoms with Crippen molar-refractivity contribution < 1.29 is 9.47 Å². The molecule has 1 aliphatic carbocycles. The molecule has 4 rings (SSSR count). The van der Waals surface area contributed by atoms with Gasteiger partial charge in [0.15, 0.2) is 0 Å². The Kier molecular flexibility index (Phi) is 5.53. The third kappa shape index (κ3) is 3.47. The molecule has 1 aliphatic rings. The molecule has 3 aromatic carbocycles. The van der Waals surface area contributed by atoms with Gasteiger partial charge in [-0.25, -0.2) is 0 Å². The highest BCUT2D eigenvalue weighted by molar-refractivity contribution is 5.54. The van der Waals surface area contributed by atoms with Crippen LogP contribution in [0.25, 0.3) is 0 Å². The van der Waals surface area contributed by atoms with E-state index in [0.717, 1.165) is 17.9 Å². The molecule has 0 spiro atoms. The van der Waals surface area contributed by atoms with Crippen LogP contribution in [0.5, 0.6) is 11.5 Å². The van der Waals surface area contributed by atoms with E-state index in [1.54, 1.807) is 14.2 Å². The summed E-state index contributed by atoms with van der Waals surface area (Å²) in [6, 6.07) is 27.8. The van der Waals surface area contributed by atoms with E-state index in [2.05, 4.69) is 103 Å². The monoisotopic (exact) mass is 382 g/mol. The molecule has 0 amide bonds. The molecule has 0 bridgehead atoms. The molecule has 0 aliphatic heterocycles. The molecule has 29 heavy (non-hydrogen) atoms. The Hall–Kier alpha value is -3.26. The van der Waals surface area contributed by atoms with Gasteiger partial charge in [0.2, 0.25) is 0 Å². The molecule has 146 valence electrons. The van der Waals surface area contributed by atoms with E-state index in [1.807, 2.05) is 0 Å². The van der Waals surface area contributed by atoms with Crippen LogP contribution in [0, 0.1) is 5.92 Å². The maximum absolute atomic E-state index is 5.43. The molecule has 2 nitrogen and oxygen atoms in total. The lowest BCUT2D eigenvalue weighted by Gasteiger charge is -2.42. The Labute approximate surface area is 173 Å². The van der Waals surface area contributed by atoms with Crippen molar-refractivity contribution in [1.82, 2.24) is 0 Å². The summed E-state index contributed by atoms with van der Waals surface area (Å²) >= 11 is 0. The number of methoxy groups -OCH3 is 2. The molecule has 1 atom stereocenters. The summed E-state index contributed by atoms with van der Waals surface area (Å²) in [7, 11) is 3.41. The van der Waals surface area contributed by atoms with Gasteiger partial charge in [-0.3, -0.25) is 0 Å². The van der Waals surface area contributed by atoms with Crippen molar-refractivity contribution in [2.75, 3.05) is 14.2 Å². The summed E-state index contributed by atoms with van der Waals surface area (Å²) in [5.74, 6) is 2.02. The maximum Gasteiger partial charge on any atom is 0.118 e. The summed E-state index contributed by atoms with van der Waals surface area (Å²) in [4.78, 5) is 0. The summed E-state index contributed by atoms with van der Waals surface area (Å²) in [5.41, 5.74) is 3.46. The summed E-state index contributed by atoms with van der Waals surface area (Å²) in [5, 5.41) is 0. The first-order valence-electron chi connectivity index (χ1n) is 9.97. The summed E-state index contributed by atoms with van der Waals surface area (Å²) in [6.07, 6.45) is 9.87. The first kappa shape index (κ1) is 19.1. The third-order valence-corrected chi connectivity index (χ3v) is 5.86. The van der Waals surface area contributed by atoms with E-state index in [1.165, 1.54) is 16.7 Å². The Morgan fingerprint density at radius 3 is 1.62 bits per heavy atom. The van der Waals surface area contributed by atoms with Gasteiger partial charge < -0.3 is 9.47 Å². The van der Waals surface area contributed by atoms with Gasteiger partial charge in [0.25, 0.3) is 0 Å². The normalized spacial score (nSPS) is 15.9. The molecule has 0 aromatic heterocycles. The largest absolute Gasteiger partial charge is 0.497 e. The van der Waals surface area contributed by atoms with Crippen molar-refractivity contribution in [1.29, 1.82) is 0 Å². The molecule has 0 saturated heterocycles. The molecule has 3 aromatic rings. The van der Waals surface area contributed by atoms with E-state index in [-0.39, 0.29) is 11.3 Å². The average Bonchev–Trinajstić information content (AvgIpc) is 2.82. The molecule has 0 saturated carbocycles. The number of hydrogen-bond acceptors (Lipinski definition) is 2. The standard InChI is InChI=1S/C27H26O2/c1-28-25-17-13-23(14-18-25)27(21-9-5-3-6-10-21,22-11-7-4-8-12-22)24-15-19-26(29-2)20-16-24/h3-11,13-20,22H,12H2,1-2H3. The fraction of sp³-hybridized carbons (Fsp3) is 0.185. The second kappa shape index (κ2) is 8.40. The average molecular weight is 383 g/mol. The van der Waals surface area contributed by atoms with Crippen molar-refractivity contribution in [2.45, 2.75) is 11.8 Å². The number of ether oxygens (including phenoxy) is 2. The highest BCUT2D eigenvalue weighted by Gasteiger charge is 2.42. The highest BCUT2D eigenvalue weighted by Crippen LogP contribution is 2.48. The number of rotatable bonds is 6. The summed E-state index contributed by atoms with van der Waals surface area (Å²) < 4.78 is 10.9. The Morgan fingerprint density at radius 2 is 1.17 bits per heavy atom. The third-order valence-electron chi connectivity index (χ3n) is 5.86. The van der Waals surface area contributed by atoms with Crippen LogP contribution >= 0.6 is 0 Å². The zero-order chi connectivity index (χ0) is 20.1. The van der Waals surface area contributed by atoms with Crippen LogP contribution in [0.3, 0.4) is 0 Å². The Bertz CT molecular complexity index is 935. The molecule has 0 radical (unpaired) electrons. The number of hydrogen-bond donors (Lipinski definition) is 0. The number of allylic oxidation sites excluding steroid dienone is 4. The topological polar surface area (TPSA) is 18.5 Å². The van der Waals surface area contributed by atoms with Crippen molar-refractivity contribution >= 4 is 0 Å². The van der Waals surface area contributed by atoms with Gasteiger partial charge in [-0.15, -0.1) is 0 Å². The van der Waals surface area contributed by atoms with Gasteiger partial charge in [-0.05, 0) is 53.3 Å². The molecule has 0 N–H and O–H groups in total. The van der Waals surface area contributed by atoms with Crippen molar-refractivity contribution in [3.63, 3.8) is 0 Å². The first-order chi connectivity index (χ1) is 14.3. The zero-order valence-corrected chi connectivity index (χ0v) is 16.9. The van der Waals surface area contributed by atoms with Gasteiger partial charge in [-0.1, -0.05) is 78.9 Å². The summed E-state index contributed by atoms with van der Waals surface area (Å²) in [6.45, 7) is 0. The SMILES string of the molecule is COc1ccc(C(c2ccccc2)(c2ccc(OC)cc2)C2C=CC=CC2)cc1.